The van der Waals surface area contributed by atoms with E-state index in [-0.39, 0.29) is 12.0 Å². The fourth-order valence-electron chi connectivity index (χ4n) is 3.18. The molecule has 1 heterocycles. The van der Waals surface area contributed by atoms with Crippen LogP contribution in [0.15, 0.2) is 11.1 Å². The lowest BCUT2D eigenvalue weighted by Crippen LogP contribution is -2.45. The van der Waals surface area contributed by atoms with Crippen LogP contribution >= 0.6 is 0 Å². The number of carbonyl (C=O) groups excluding carboxylic acids is 3. The van der Waals surface area contributed by atoms with Crippen molar-refractivity contribution in [3.05, 3.63) is 11.1 Å². The predicted molar refractivity (Wildman–Crippen MR) is 77.5 cm³/mol. The van der Waals surface area contributed by atoms with Gasteiger partial charge in [0.25, 0.3) is 5.91 Å². The van der Waals surface area contributed by atoms with Gasteiger partial charge in [-0.2, -0.15) is 0 Å². The van der Waals surface area contributed by atoms with E-state index < -0.39 is 23.0 Å². The summed E-state index contributed by atoms with van der Waals surface area (Å²) >= 11 is 0. The van der Waals surface area contributed by atoms with Crippen molar-refractivity contribution in [3.63, 3.8) is 0 Å². The largest absolute Gasteiger partial charge is 0.451 e. The van der Waals surface area contributed by atoms with Crippen molar-refractivity contribution in [1.29, 1.82) is 0 Å². The third-order valence-corrected chi connectivity index (χ3v) is 4.48. The van der Waals surface area contributed by atoms with E-state index in [2.05, 4.69) is 5.32 Å². The zero-order chi connectivity index (χ0) is 15.7. The summed E-state index contributed by atoms with van der Waals surface area (Å²) in [5, 5.41) is 2.75. The van der Waals surface area contributed by atoms with E-state index in [9.17, 15) is 14.4 Å². The highest BCUT2D eigenvalue weighted by atomic mass is 16.6. The summed E-state index contributed by atoms with van der Waals surface area (Å²) in [6, 6.07) is 0. The van der Waals surface area contributed by atoms with Gasteiger partial charge in [0.2, 0.25) is 0 Å². The summed E-state index contributed by atoms with van der Waals surface area (Å²) in [7, 11) is 0. The summed E-state index contributed by atoms with van der Waals surface area (Å²) in [5.41, 5.74) is -0.381. The Labute approximate surface area is 125 Å². The Morgan fingerprint density at radius 3 is 2.52 bits per heavy atom. The summed E-state index contributed by atoms with van der Waals surface area (Å²) < 4.78 is 5.57. The van der Waals surface area contributed by atoms with Crippen molar-refractivity contribution >= 4 is 18.2 Å². The van der Waals surface area contributed by atoms with Crippen LogP contribution in [0.25, 0.3) is 0 Å². The molecule has 0 radical (unpaired) electrons. The van der Waals surface area contributed by atoms with Crippen molar-refractivity contribution in [2.45, 2.75) is 70.4 Å². The standard InChI is InChI=1S/C16H23NO4/c1-11-12(13(19)17-15(2,3)9-10-18)14(20)21-16(11)7-5-4-6-8-16/h10H,4-9H2,1-3H3,(H,17,19). The number of ether oxygens (including phenoxy) is 1. The smallest absolute Gasteiger partial charge is 0.344 e. The number of amides is 1. The first-order valence-corrected chi connectivity index (χ1v) is 7.52. The van der Waals surface area contributed by atoms with Gasteiger partial charge in [-0.1, -0.05) is 6.42 Å². The average molecular weight is 293 g/mol. The lowest BCUT2D eigenvalue weighted by atomic mass is 9.79. The molecule has 5 heteroatoms. The van der Waals surface area contributed by atoms with E-state index in [0.29, 0.717) is 0 Å². The Bertz CT molecular complexity index is 498. The second-order valence-electron chi connectivity index (χ2n) is 6.65. The lowest BCUT2D eigenvalue weighted by Gasteiger charge is -2.33. The van der Waals surface area contributed by atoms with Crippen molar-refractivity contribution in [3.8, 4) is 0 Å². The van der Waals surface area contributed by atoms with Crippen LogP contribution in [0.4, 0.5) is 0 Å². The number of esters is 1. The highest BCUT2D eigenvalue weighted by Gasteiger charge is 2.48. The third kappa shape index (κ3) is 3.01. The molecule has 2 rings (SSSR count). The first kappa shape index (κ1) is 15.7. The fourth-order valence-corrected chi connectivity index (χ4v) is 3.18. The van der Waals surface area contributed by atoms with E-state index in [1.807, 2.05) is 6.92 Å². The van der Waals surface area contributed by atoms with Gasteiger partial charge in [0.15, 0.2) is 0 Å². The second kappa shape index (κ2) is 5.62. The summed E-state index contributed by atoms with van der Waals surface area (Å²) in [6.45, 7) is 5.33. The molecule has 0 unspecified atom stereocenters. The molecule has 0 bridgehead atoms. The Balaban J connectivity index is 2.23. The molecule has 116 valence electrons. The minimum absolute atomic E-state index is 0.121. The van der Waals surface area contributed by atoms with Crippen LogP contribution in [0.2, 0.25) is 0 Å². The van der Waals surface area contributed by atoms with Gasteiger partial charge in [-0.25, -0.2) is 4.79 Å². The molecule has 2 aliphatic rings. The highest BCUT2D eigenvalue weighted by molar-refractivity contribution is 6.19. The van der Waals surface area contributed by atoms with Crippen LogP contribution < -0.4 is 5.32 Å². The number of aldehydes is 1. The topological polar surface area (TPSA) is 72.5 Å². The molecule has 5 nitrogen and oxygen atoms in total. The van der Waals surface area contributed by atoms with E-state index in [4.69, 9.17) is 4.74 Å². The highest BCUT2D eigenvalue weighted by Crippen LogP contribution is 2.43. The molecule has 1 fully saturated rings. The summed E-state index contributed by atoms with van der Waals surface area (Å²) in [6.07, 6.45) is 5.70. The molecule has 21 heavy (non-hydrogen) atoms. The maximum Gasteiger partial charge on any atom is 0.344 e. The molecule has 0 aromatic rings. The van der Waals surface area contributed by atoms with Crippen molar-refractivity contribution in [2.24, 2.45) is 0 Å². The van der Waals surface area contributed by atoms with Gasteiger partial charge in [0.1, 0.15) is 17.5 Å². The van der Waals surface area contributed by atoms with Crippen molar-refractivity contribution in [2.75, 3.05) is 0 Å². The van der Waals surface area contributed by atoms with Crippen LogP contribution in [0.5, 0.6) is 0 Å². The molecule has 0 aromatic heterocycles. The summed E-state index contributed by atoms with van der Waals surface area (Å²) in [5.74, 6) is -0.972. The normalized spacial score (nSPS) is 21.4. The first-order valence-electron chi connectivity index (χ1n) is 7.52. The van der Waals surface area contributed by atoms with Crippen LogP contribution in [0, 0.1) is 0 Å². The van der Waals surface area contributed by atoms with E-state index in [0.717, 1.165) is 44.0 Å². The van der Waals surface area contributed by atoms with Gasteiger partial charge in [-0.05, 0) is 52.0 Å². The molecule has 1 aliphatic carbocycles. The molecule has 1 aliphatic heterocycles. The zero-order valence-corrected chi connectivity index (χ0v) is 13.0. The van der Waals surface area contributed by atoms with Gasteiger partial charge in [-0.3, -0.25) is 4.79 Å². The molecule has 1 saturated carbocycles. The molecular formula is C16H23NO4. The van der Waals surface area contributed by atoms with Crippen LogP contribution in [-0.4, -0.2) is 29.3 Å². The number of hydrogen-bond donors (Lipinski definition) is 1. The van der Waals surface area contributed by atoms with Crippen LogP contribution in [-0.2, 0) is 19.1 Å². The monoisotopic (exact) mass is 293 g/mol. The van der Waals surface area contributed by atoms with Gasteiger partial charge < -0.3 is 14.8 Å². The fraction of sp³-hybridized carbons (Fsp3) is 0.688. The summed E-state index contributed by atoms with van der Waals surface area (Å²) in [4.78, 5) is 35.2. The molecule has 1 N–H and O–H groups in total. The van der Waals surface area contributed by atoms with Gasteiger partial charge in [0.05, 0.1) is 0 Å². The van der Waals surface area contributed by atoms with Crippen molar-refractivity contribution in [1.82, 2.24) is 5.32 Å². The SMILES string of the molecule is CC1=C(C(=O)NC(C)(C)CC=O)C(=O)OC12CCCCC2. The number of carbonyl (C=O) groups is 3. The Morgan fingerprint density at radius 1 is 1.33 bits per heavy atom. The Morgan fingerprint density at radius 2 is 1.95 bits per heavy atom. The van der Waals surface area contributed by atoms with E-state index in [1.54, 1.807) is 13.8 Å². The number of rotatable bonds is 4. The molecular weight excluding hydrogens is 270 g/mol. The Hall–Kier alpha value is -1.65. The van der Waals surface area contributed by atoms with E-state index in [1.165, 1.54) is 0 Å². The molecule has 0 aromatic carbocycles. The number of hydrogen-bond acceptors (Lipinski definition) is 4. The van der Waals surface area contributed by atoms with Crippen LogP contribution in [0.1, 0.15) is 59.3 Å². The van der Waals surface area contributed by atoms with E-state index >= 15 is 0 Å². The minimum Gasteiger partial charge on any atom is -0.451 e. The van der Waals surface area contributed by atoms with Gasteiger partial charge in [0, 0.05) is 12.0 Å². The zero-order valence-electron chi connectivity index (χ0n) is 13.0. The second-order valence-corrected chi connectivity index (χ2v) is 6.65. The first-order chi connectivity index (χ1) is 9.81. The van der Waals surface area contributed by atoms with Crippen LogP contribution in [0.3, 0.4) is 0 Å². The maximum absolute atomic E-state index is 12.4. The van der Waals surface area contributed by atoms with Gasteiger partial charge >= 0.3 is 5.97 Å². The average Bonchev–Trinajstić information content (AvgIpc) is 2.61. The third-order valence-electron chi connectivity index (χ3n) is 4.48. The Kier molecular flexibility index (Phi) is 4.21. The lowest BCUT2D eigenvalue weighted by molar-refractivity contribution is -0.149. The quantitative estimate of drug-likeness (QED) is 0.489. The van der Waals surface area contributed by atoms with Gasteiger partial charge in [-0.15, -0.1) is 0 Å². The molecule has 0 saturated heterocycles. The number of nitrogens with one attached hydrogen (secondary N) is 1. The predicted octanol–water partition coefficient (Wildman–Crippen LogP) is 2.05. The molecule has 1 spiro atoms. The van der Waals surface area contributed by atoms with Crippen molar-refractivity contribution < 1.29 is 19.1 Å². The molecule has 0 atom stereocenters. The molecule has 1 amide bonds. The maximum atomic E-state index is 12.4. The minimum atomic E-state index is -0.672.